The number of anilines is 1. The molecule has 10 nitrogen and oxygen atoms in total. The summed E-state index contributed by atoms with van der Waals surface area (Å²) in [5, 5.41) is 17.8. The van der Waals surface area contributed by atoms with Crippen molar-refractivity contribution >= 4 is 29.7 Å². The molecule has 1 aliphatic heterocycles. The van der Waals surface area contributed by atoms with E-state index in [1.807, 2.05) is 30.3 Å². The highest BCUT2D eigenvalue weighted by molar-refractivity contribution is 5.94. The van der Waals surface area contributed by atoms with E-state index >= 15 is 0 Å². The number of ether oxygens (including phenoxy) is 1. The van der Waals surface area contributed by atoms with Gasteiger partial charge in [-0.25, -0.2) is 9.59 Å². The van der Waals surface area contributed by atoms with Crippen molar-refractivity contribution < 1.29 is 29.0 Å². The van der Waals surface area contributed by atoms with Gasteiger partial charge < -0.3 is 30.7 Å². The van der Waals surface area contributed by atoms with Gasteiger partial charge in [-0.1, -0.05) is 42.5 Å². The average Bonchev–Trinajstić information content (AvgIpc) is 2.96. The SMILES string of the molecule is O=C(O)C[C@H]1Cc2ccccc2CN1C(=O)[C@H](CNC(=O)OC1C2CC3CC(C2)CC1C3)NC(=O)Nc1ccccc1. The molecule has 2 aromatic carbocycles. The Balaban J connectivity index is 1.16. The molecule has 4 amide bonds. The lowest BCUT2D eigenvalue weighted by atomic mass is 9.55. The van der Waals surface area contributed by atoms with Crippen molar-refractivity contribution in [2.24, 2.45) is 23.7 Å². The number of carbonyl (C=O) groups is 4. The summed E-state index contributed by atoms with van der Waals surface area (Å²) < 4.78 is 5.94. The van der Waals surface area contributed by atoms with E-state index in [-0.39, 0.29) is 25.6 Å². The minimum absolute atomic E-state index is 0.111. The Kier molecular flexibility index (Phi) is 8.04. The summed E-state index contributed by atoms with van der Waals surface area (Å²) in [5.74, 6) is 0.805. The molecule has 0 unspecified atom stereocenters. The fourth-order valence-electron chi connectivity index (χ4n) is 7.89. The number of nitrogens with zero attached hydrogens (tertiary/aromatic N) is 1. The molecular formula is C32H38N4O6. The van der Waals surface area contributed by atoms with E-state index < -0.39 is 36.1 Å². The van der Waals surface area contributed by atoms with E-state index in [9.17, 15) is 24.3 Å². The van der Waals surface area contributed by atoms with Crippen molar-refractivity contribution in [1.29, 1.82) is 0 Å². The molecule has 0 aromatic heterocycles. The Hall–Kier alpha value is -4.08. The molecule has 0 saturated heterocycles. The lowest BCUT2D eigenvalue weighted by Gasteiger charge is -2.53. The summed E-state index contributed by atoms with van der Waals surface area (Å²) >= 11 is 0. The van der Waals surface area contributed by atoms with Crippen LogP contribution < -0.4 is 16.0 Å². The number of amides is 4. The van der Waals surface area contributed by atoms with Gasteiger partial charge in [0, 0.05) is 18.3 Å². The fourth-order valence-corrected chi connectivity index (χ4v) is 7.89. The van der Waals surface area contributed by atoms with Gasteiger partial charge in [0.05, 0.1) is 13.0 Å². The van der Waals surface area contributed by atoms with Crippen LogP contribution in [0.15, 0.2) is 54.6 Å². The number of urea groups is 1. The van der Waals surface area contributed by atoms with E-state index in [4.69, 9.17) is 4.74 Å². The molecule has 7 rings (SSSR count). The Labute approximate surface area is 245 Å². The molecule has 4 fully saturated rings. The molecule has 4 saturated carbocycles. The van der Waals surface area contributed by atoms with Gasteiger partial charge >= 0.3 is 18.1 Å². The third-order valence-electron chi connectivity index (χ3n) is 9.52. The van der Waals surface area contributed by atoms with Crippen molar-refractivity contribution in [2.45, 2.75) is 69.7 Å². The highest BCUT2D eigenvalue weighted by atomic mass is 16.6. The summed E-state index contributed by atoms with van der Waals surface area (Å²) in [6.45, 7) is 0.0226. The van der Waals surface area contributed by atoms with E-state index in [0.29, 0.717) is 23.9 Å². The van der Waals surface area contributed by atoms with Crippen LogP contribution in [0.4, 0.5) is 15.3 Å². The zero-order valence-electron chi connectivity index (χ0n) is 23.5. The largest absolute Gasteiger partial charge is 0.481 e. The number of alkyl carbamates (subject to hydrolysis) is 1. The van der Waals surface area contributed by atoms with Gasteiger partial charge in [-0.2, -0.15) is 0 Å². The topological polar surface area (TPSA) is 137 Å². The van der Waals surface area contributed by atoms with Crippen LogP contribution in [-0.2, 0) is 27.3 Å². The normalized spacial score (nSPS) is 27.9. The quantitative estimate of drug-likeness (QED) is 0.374. The summed E-state index contributed by atoms with van der Waals surface area (Å²) in [6, 6.07) is 14.1. The Bertz CT molecular complexity index is 1310. The van der Waals surface area contributed by atoms with Crippen LogP contribution >= 0.6 is 0 Å². The molecule has 0 radical (unpaired) electrons. The van der Waals surface area contributed by atoms with Crippen molar-refractivity contribution in [1.82, 2.24) is 15.5 Å². The van der Waals surface area contributed by atoms with Gasteiger partial charge in [-0.05, 0) is 85.5 Å². The van der Waals surface area contributed by atoms with Crippen molar-refractivity contribution in [3.05, 3.63) is 65.7 Å². The maximum Gasteiger partial charge on any atom is 0.407 e. The predicted molar refractivity (Wildman–Crippen MR) is 154 cm³/mol. The van der Waals surface area contributed by atoms with E-state index in [1.54, 1.807) is 24.3 Å². The number of carboxylic acid groups (broad SMARTS) is 1. The molecular weight excluding hydrogens is 536 g/mol. The molecule has 42 heavy (non-hydrogen) atoms. The molecule has 10 heteroatoms. The number of carboxylic acids is 1. The number of hydrogen-bond acceptors (Lipinski definition) is 5. The van der Waals surface area contributed by atoms with Crippen molar-refractivity contribution in [3.8, 4) is 0 Å². The fraction of sp³-hybridized carbons (Fsp3) is 0.500. The Morgan fingerprint density at radius 1 is 0.881 bits per heavy atom. The van der Waals surface area contributed by atoms with Crippen LogP contribution in [-0.4, -0.2) is 58.7 Å². The summed E-state index contributed by atoms with van der Waals surface area (Å²) in [5.41, 5.74) is 2.47. The standard InChI is InChI=1S/C32H38N4O6/c37-28(38)16-26-15-21-6-4-5-7-22(21)18-36(26)30(39)27(35-31(40)34-25-8-2-1-3-9-25)17-33-32(41)42-29-23-11-19-10-20(13-23)14-24(29)12-19/h1-9,19-20,23-24,26-27,29H,10-18H2,(H,33,41)(H,37,38)(H2,34,35,40)/t19?,20?,23?,24?,26-,27+,29?/m1/s1. The van der Waals surface area contributed by atoms with Crippen molar-refractivity contribution in [2.75, 3.05) is 11.9 Å². The number of fused-ring (bicyclic) bond motifs is 1. The second-order valence-electron chi connectivity index (χ2n) is 12.4. The Morgan fingerprint density at radius 2 is 1.52 bits per heavy atom. The second kappa shape index (κ2) is 12.0. The monoisotopic (exact) mass is 574 g/mol. The first-order valence-electron chi connectivity index (χ1n) is 15.0. The van der Waals surface area contributed by atoms with Crippen LogP contribution in [0.3, 0.4) is 0 Å². The van der Waals surface area contributed by atoms with Crippen LogP contribution in [0.5, 0.6) is 0 Å². The van der Waals surface area contributed by atoms with Crippen LogP contribution in [0.25, 0.3) is 0 Å². The molecule has 4 aliphatic carbocycles. The molecule has 2 aromatic rings. The van der Waals surface area contributed by atoms with Crippen LogP contribution in [0.2, 0.25) is 0 Å². The lowest BCUT2D eigenvalue weighted by Crippen LogP contribution is -2.58. The Morgan fingerprint density at radius 3 is 2.19 bits per heavy atom. The molecule has 5 aliphatic rings. The minimum Gasteiger partial charge on any atom is -0.481 e. The highest BCUT2D eigenvalue weighted by Gasteiger charge is 2.50. The maximum atomic E-state index is 14.0. The first-order valence-corrected chi connectivity index (χ1v) is 15.0. The van der Waals surface area contributed by atoms with Gasteiger partial charge in [-0.15, -0.1) is 0 Å². The zero-order chi connectivity index (χ0) is 29.2. The first-order chi connectivity index (χ1) is 20.3. The highest BCUT2D eigenvalue weighted by Crippen LogP contribution is 2.54. The predicted octanol–water partition coefficient (Wildman–Crippen LogP) is 4.16. The van der Waals surface area contributed by atoms with E-state index in [2.05, 4.69) is 16.0 Å². The summed E-state index contributed by atoms with van der Waals surface area (Å²) in [6.07, 6.45) is 5.17. The first kappa shape index (κ1) is 28.1. The molecule has 4 N–H and O–H groups in total. The molecule has 2 atom stereocenters. The van der Waals surface area contributed by atoms with Crippen molar-refractivity contribution in [3.63, 3.8) is 0 Å². The maximum absolute atomic E-state index is 14.0. The van der Waals surface area contributed by atoms with Gasteiger partial charge in [0.1, 0.15) is 12.1 Å². The van der Waals surface area contributed by atoms with Crippen LogP contribution in [0.1, 0.15) is 49.7 Å². The summed E-state index contributed by atoms with van der Waals surface area (Å²) in [4.78, 5) is 53.2. The second-order valence-corrected chi connectivity index (χ2v) is 12.4. The summed E-state index contributed by atoms with van der Waals surface area (Å²) in [7, 11) is 0. The third kappa shape index (κ3) is 6.22. The third-order valence-corrected chi connectivity index (χ3v) is 9.52. The molecule has 0 spiro atoms. The van der Waals surface area contributed by atoms with Gasteiger partial charge in [-0.3, -0.25) is 9.59 Å². The van der Waals surface area contributed by atoms with Gasteiger partial charge in [0.2, 0.25) is 5.91 Å². The smallest absolute Gasteiger partial charge is 0.407 e. The number of para-hydroxylation sites is 1. The number of rotatable bonds is 8. The van der Waals surface area contributed by atoms with Crippen LogP contribution in [0, 0.1) is 23.7 Å². The van der Waals surface area contributed by atoms with Gasteiger partial charge in [0.25, 0.3) is 0 Å². The number of nitrogens with one attached hydrogen (secondary N) is 3. The zero-order valence-corrected chi connectivity index (χ0v) is 23.5. The van der Waals surface area contributed by atoms with E-state index in [0.717, 1.165) is 48.6 Å². The number of benzene rings is 2. The molecule has 4 bridgehead atoms. The number of hydrogen-bond donors (Lipinski definition) is 4. The lowest BCUT2D eigenvalue weighted by molar-refractivity contribution is -0.142. The minimum atomic E-state index is -1.14. The molecule has 1 heterocycles. The molecule has 222 valence electrons. The van der Waals surface area contributed by atoms with Gasteiger partial charge in [0.15, 0.2) is 0 Å². The van der Waals surface area contributed by atoms with E-state index in [1.165, 1.54) is 11.3 Å². The average molecular weight is 575 g/mol. The number of carbonyl (C=O) groups excluding carboxylic acids is 3. The number of aliphatic carboxylic acids is 1.